The molecule has 0 saturated carbocycles. The zero-order valence-corrected chi connectivity index (χ0v) is 13.7. The summed E-state index contributed by atoms with van der Waals surface area (Å²) in [5.74, 6) is 1.17. The van der Waals surface area contributed by atoms with Crippen LogP contribution in [0.25, 0.3) is 0 Å². The summed E-state index contributed by atoms with van der Waals surface area (Å²) >= 11 is 0. The molecule has 0 aliphatic carbocycles. The van der Waals surface area contributed by atoms with Crippen LogP contribution in [0.1, 0.15) is 47.5 Å². The minimum atomic E-state index is -0.157. The van der Waals surface area contributed by atoms with Gasteiger partial charge in [-0.25, -0.2) is 0 Å². The summed E-state index contributed by atoms with van der Waals surface area (Å²) in [4.78, 5) is 18.6. The van der Waals surface area contributed by atoms with Crippen molar-refractivity contribution < 1.29 is 9.32 Å². The number of piperidine rings is 1. The molecule has 124 valence electrons. The summed E-state index contributed by atoms with van der Waals surface area (Å²) in [6, 6.07) is 0. The van der Waals surface area contributed by atoms with Crippen LogP contribution in [-0.2, 0) is 12.0 Å². The highest BCUT2D eigenvalue weighted by Crippen LogP contribution is 2.34. The van der Waals surface area contributed by atoms with E-state index in [2.05, 4.69) is 37.5 Å². The summed E-state index contributed by atoms with van der Waals surface area (Å²) in [5.41, 5.74) is 1.35. The molecule has 2 N–H and O–H groups in total. The number of rotatable bonds is 4. The van der Waals surface area contributed by atoms with Gasteiger partial charge in [0.15, 0.2) is 5.82 Å². The Bertz CT molecular complexity index is 694. The predicted octanol–water partition coefficient (Wildman–Crippen LogP) is 1.01. The SMILES string of the molecule is CNC(=O)c1cn[nH]c1C1(C)CCCN(Cc2noc(C)n2)C1. The lowest BCUT2D eigenvalue weighted by atomic mass is 9.77. The number of nitrogens with zero attached hydrogens (tertiary/aromatic N) is 4. The number of aryl methyl sites for hydroxylation is 1. The van der Waals surface area contributed by atoms with Crippen molar-refractivity contribution in [1.82, 2.24) is 30.6 Å². The van der Waals surface area contributed by atoms with Crippen LogP contribution in [0, 0.1) is 6.92 Å². The van der Waals surface area contributed by atoms with Gasteiger partial charge >= 0.3 is 0 Å². The fourth-order valence-corrected chi connectivity index (χ4v) is 3.34. The Morgan fingerprint density at radius 1 is 1.57 bits per heavy atom. The molecule has 8 heteroatoms. The first-order valence-corrected chi connectivity index (χ1v) is 7.79. The summed E-state index contributed by atoms with van der Waals surface area (Å²) in [6.07, 6.45) is 3.64. The van der Waals surface area contributed by atoms with Gasteiger partial charge in [0, 0.05) is 25.9 Å². The van der Waals surface area contributed by atoms with Crippen LogP contribution in [0.2, 0.25) is 0 Å². The number of carbonyl (C=O) groups is 1. The smallest absolute Gasteiger partial charge is 0.254 e. The number of amides is 1. The van der Waals surface area contributed by atoms with Gasteiger partial charge in [0.1, 0.15) is 0 Å². The van der Waals surface area contributed by atoms with Crippen LogP contribution in [-0.4, -0.2) is 51.3 Å². The molecule has 1 fully saturated rings. The third-order valence-corrected chi connectivity index (χ3v) is 4.42. The first-order chi connectivity index (χ1) is 11.0. The minimum Gasteiger partial charge on any atom is -0.355 e. The zero-order chi connectivity index (χ0) is 16.4. The number of aromatic nitrogens is 4. The Kier molecular flexibility index (Phi) is 4.16. The first kappa shape index (κ1) is 15.7. The fraction of sp³-hybridized carbons (Fsp3) is 0.600. The van der Waals surface area contributed by atoms with Crippen molar-refractivity contribution in [3.05, 3.63) is 29.2 Å². The van der Waals surface area contributed by atoms with Crippen LogP contribution in [0.5, 0.6) is 0 Å². The maximum absolute atomic E-state index is 12.0. The van der Waals surface area contributed by atoms with Crippen LogP contribution in [0.15, 0.2) is 10.7 Å². The van der Waals surface area contributed by atoms with E-state index < -0.39 is 0 Å². The second-order valence-electron chi connectivity index (χ2n) is 6.34. The Hall–Kier alpha value is -2.22. The molecule has 1 amide bonds. The van der Waals surface area contributed by atoms with Gasteiger partial charge in [-0.05, 0) is 19.4 Å². The number of hydrogen-bond donors (Lipinski definition) is 2. The van der Waals surface area contributed by atoms with E-state index in [0.717, 1.165) is 31.6 Å². The van der Waals surface area contributed by atoms with E-state index >= 15 is 0 Å². The third kappa shape index (κ3) is 3.12. The van der Waals surface area contributed by atoms with Gasteiger partial charge in [-0.15, -0.1) is 0 Å². The Balaban J connectivity index is 1.79. The van der Waals surface area contributed by atoms with Gasteiger partial charge in [-0.1, -0.05) is 12.1 Å². The zero-order valence-electron chi connectivity index (χ0n) is 13.7. The minimum absolute atomic E-state index is 0.110. The average Bonchev–Trinajstić information content (AvgIpc) is 3.16. The van der Waals surface area contributed by atoms with Gasteiger partial charge in [-0.3, -0.25) is 14.8 Å². The summed E-state index contributed by atoms with van der Waals surface area (Å²) < 4.78 is 5.04. The largest absolute Gasteiger partial charge is 0.355 e. The van der Waals surface area contributed by atoms with Gasteiger partial charge in [0.05, 0.1) is 24.0 Å². The third-order valence-electron chi connectivity index (χ3n) is 4.42. The monoisotopic (exact) mass is 318 g/mol. The molecular formula is C15H22N6O2. The molecule has 0 radical (unpaired) electrons. The van der Waals surface area contributed by atoms with Crippen LogP contribution < -0.4 is 5.32 Å². The van der Waals surface area contributed by atoms with E-state index in [9.17, 15) is 4.79 Å². The maximum atomic E-state index is 12.0. The van der Waals surface area contributed by atoms with E-state index in [0.29, 0.717) is 23.8 Å². The molecule has 2 aromatic rings. The highest BCUT2D eigenvalue weighted by atomic mass is 16.5. The summed E-state index contributed by atoms with van der Waals surface area (Å²) in [5, 5.41) is 13.8. The summed E-state index contributed by atoms with van der Waals surface area (Å²) in [7, 11) is 1.63. The average molecular weight is 318 g/mol. The van der Waals surface area contributed by atoms with E-state index in [4.69, 9.17) is 4.52 Å². The number of likely N-dealkylation sites (tertiary alicyclic amines) is 1. The van der Waals surface area contributed by atoms with Crippen molar-refractivity contribution in [2.24, 2.45) is 0 Å². The predicted molar refractivity (Wildman–Crippen MR) is 82.9 cm³/mol. The van der Waals surface area contributed by atoms with E-state index in [1.807, 2.05) is 0 Å². The highest BCUT2D eigenvalue weighted by Gasteiger charge is 2.37. The second-order valence-corrected chi connectivity index (χ2v) is 6.34. The molecule has 0 spiro atoms. The normalized spacial score (nSPS) is 22.2. The molecule has 1 saturated heterocycles. The van der Waals surface area contributed by atoms with E-state index in [1.165, 1.54) is 0 Å². The van der Waals surface area contributed by atoms with Gasteiger partial charge < -0.3 is 9.84 Å². The quantitative estimate of drug-likeness (QED) is 0.873. The maximum Gasteiger partial charge on any atom is 0.254 e. The molecule has 3 rings (SSSR count). The molecule has 1 aliphatic rings. The Morgan fingerprint density at radius 2 is 2.39 bits per heavy atom. The Labute approximate surface area is 134 Å². The van der Waals surface area contributed by atoms with Crippen molar-refractivity contribution in [2.75, 3.05) is 20.1 Å². The van der Waals surface area contributed by atoms with Crippen LogP contribution in [0.3, 0.4) is 0 Å². The van der Waals surface area contributed by atoms with Crippen LogP contribution >= 0.6 is 0 Å². The molecule has 1 unspecified atom stereocenters. The molecule has 0 bridgehead atoms. The van der Waals surface area contributed by atoms with Gasteiger partial charge in [-0.2, -0.15) is 10.1 Å². The molecule has 0 aromatic carbocycles. The van der Waals surface area contributed by atoms with E-state index in [1.54, 1.807) is 20.2 Å². The molecule has 2 aromatic heterocycles. The number of carbonyl (C=O) groups excluding carboxylic acids is 1. The van der Waals surface area contributed by atoms with E-state index in [-0.39, 0.29) is 11.3 Å². The van der Waals surface area contributed by atoms with Crippen molar-refractivity contribution in [3.8, 4) is 0 Å². The molecule has 1 atom stereocenters. The van der Waals surface area contributed by atoms with Gasteiger partial charge in [0.2, 0.25) is 5.89 Å². The summed E-state index contributed by atoms with van der Waals surface area (Å²) in [6.45, 7) is 6.40. The standard InChI is InChI=1S/C15H22N6O2/c1-10-18-12(20-23-10)8-21-6-4-5-15(2,9-21)13-11(7-17-19-13)14(22)16-3/h7H,4-6,8-9H2,1-3H3,(H,16,22)(H,17,19). The number of aromatic amines is 1. The highest BCUT2D eigenvalue weighted by molar-refractivity contribution is 5.95. The van der Waals surface area contributed by atoms with Crippen molar-refractivity contribution in [2.45, 2.75) is 38.6 Å². The fourth-order valence-electron chi connectivity index (χ4n) is 3.34. The van der Waals surface area contributed by atoms with Crippen molar-refractivity contribution in [3.63, 3.8) is 0 Å². The van der Waals surface area contributed by atoms with Gasteiger partial charge in [0.25, 0.3) is 5.91 Å². The van der Waals surface area contributed by atoms with Crippen molar-refractivity contribution >= 4 is 5.91 Å². The lowest BCUT2D eigenvalue weighted by molar-refractivity contribution is 0.0955. The lowest BCUT2D eigenvalue weighted by Crippen LogP contribution is -2.45. The topological polar surface area (TPSA) is 99.9 Å². The molecular weight excluding hydrogens is 296 g/mol. The van der Waals surface area contributed by atoms with Crippen molar-refractivity contribution in [1.29, 1.82) is 0 Å². The molecule has 1 aliphatic heterocycles. The number of hydrogen-bond acceptors (Lipinski definition) is 6. The lowest BCUT2D eigenvalue weighted by Gasteiger charge is -2.39. The molecule has 3 heterocycles. The number of H-pyrrole nitrogens is 1. The second kappa shape index (κ2) is 6.11. The molecule has 23 heavy (non-hydrogen) atoms. The Morgan fingerprint density at radius 3 is 3.09 bits per heavy atom. The first-order valence-electron chi connectivity index (χ1n) is 7.79. The van der Waals surface area contributed by atoms with Crippen LogP contribution in [0.4, 0.5) is 0 Å². The molecule has 8 nitrogen and oxygen atoms in total. The number of nitrogens with one attached hydrogen (secondary N) is 2.